The van der Waals surface area contributed by atoms with E-state index in [1.165, 1.54) is 12.1 Å². The van der Waals surface area contributed by atoms with E-state index in [1.807, 2.05) is 20.8 Å². The second kappa shape index (κ2) is 3.69. The first kappa shape index (κ1) is 9.90. The maximum absolute atomic E-state index is 12.5. The first-order chi connectivity index (χ1) is 5.97. The van der Waals surface area contributed by atoms with Crippen LogP contribution in [0.4, 0.5) is 4.39 Å². The summed E-state index contributed by atoms with van der Waals surface area (Å²) in [5.74, 6) is -0.215. The van der Waals surface area contributed by atoms with E-state index in [0.29, 0.717) is 0 Å². The van der Waals surface area contributed by atoms with Gasteiger partial charge in [-0.1, -0.05) is 12.1 Å². The van der Waals surface area contributed by atoms with Crippen molar-refractivity contribution in [1.29, 1.82) is 0 Å². The Labute approximate surface area is 78.3 Å². The van der Waals surface area contributed by atoms with Gasteiger partial charge >= 0.3 is 0 Å². The van der Waals surface area contributed by atoms with Crippen LogP contribution in [0.15, 0.2) is 29.3 Å². The van der Waals surface area contributed by atoms with Gasteiger partial charge in [-0.25, -0.2) is 4.39 Å². The molecule has 0 aliphatic carbocycles. The zero-order valence-electron chi connectivity index (χ0n) is 8.21. The Hall–Kier alpha value is -1.18. The molecule has 0 amide bonds. The Bertz CT molecular complexity index is 293. The fourth-order valence-corrected chi connectivity index (χ4v) is 0.817. The highest BCUT2D eigenvalue weighted by atomic mass is 19.1. The van der Waals surface area contributed by atoms with Gasteiger partial charge < -0.3 is 0 Å². The van der Waals surface area contributed by atoms with Crippen molar-refractivity contribution in [2.45, 2.75) is 26.3 Å². The van der Waals surface area contributed by atoms with E-state index in [-0.39, 0.29) is 11.4 Å². The molecule has 1 aromatic carbocycles. The molecule has 0 spiro atoms. The molecule has 0 heterocycles. The van der Waals surface area contributed by atoms with Gasteiger partial charge in [-0.05, 0) is 38.5 Å². The highest BCUT2D eigenvalue weighted by Crippen LogP contribution is 2.07. The molecule has 0 aliphatic rings. The van der Waals surface area contributed by atoms with Crippen LogP contribution in [0.3, 0.4) is 0 Å². The fourth-order valence-electron chi connectivity index (χ4n) is 0.817. The largest absolute Gasteiger partial charge is 0.287 e. The van der Waals surface area contributed by atoms with Gasteiger partial charge in [-0.15, -0.1) is 0 Å². The molecule has 0 atom stereocenters. The second-order valence-electron chi connectivity index (χ2n) is 3.98. The number of halogens is 1. The highest BCUT2D eigenvalue weighted by Gasteiger charge is 2.04. The van der Waals surface area contributed by atoms with Crippen LogP contribution in [-0.4, -0.2) is 11.8 Å². The van der Waals surface area contributed by atoms with Gasteiger partial charge in [0.2, 0.25) is 0 Å². The number of benzene rings is 1. The standard InChI is InChI=1S/C11H14FN/c1-11(2,3)13-8-9-4-6-10(12)7-5-9/h4-8H,1-3H3. The lowest BCUT2D eigenvalue weighted by atomic mass is 10.1. The fraction of sp³-hybridized carbons (Fsp3) is 0.364. The Balaban J connectivity index is 2.75. The Kier molecular flexibility index (Phi) is 2.81. The molecule has 0 N–H and O–H groups in total. The molecule has 70 valence electrons. The molecule has 1 rings (SSSR count). The molecule has 1 aromatic rings. The van der Waals surface area contributed by atoms with Crippen molar-refractivity contribution >= 4 is 6.21 Å². The number of hydrogen-bond acceptors (Lipinski definition) is 1. The average molecular weight is 179 g/mol. The lowest BCUT2D eigenvalue weighted by molar-refractivity contribution is 0.586. The first-order valence-electron chi connectivity index (χ1n) is 4.28. The quantitative estimate of drug-likeness (QED) is 0.587. The Morgan fingerprint density at radius 1 is 1.15 bits per heavy atom. The third-order valence-corrected chi connectivity index (χ3v) is 1.47. The predicted octanol–water partition coefficient (Wildman–Crippen LogP) is 3.04. The summed E-state index contributed by atoms with van der Waals surface area (Å²) >= 11 is 0. The molecule has 0 fully saturated rings. The van der Waals surface area contributed by atoms with Gasteiger partial charge in [-0.3, -0.25) is 4.99 Å². The molecule has 13 heavy (non-hydrogen) atoms. The summed E-state index contributed by atoms with van der Waals surface area (Å²) in [6, 6.07) is 6.29. The third-order valence-electron chi connectivity index (χ3n) is 1.47. The van der Waals surface area contributed by atoms with E-state index >= 15 is 0 Å². The average Bonchev–Trinajstić information content (AvgIpc) is 2.02. The smallest absolute Gasteiger partial charge is 0.123 e. The number of aliphatic imine (C=N–C) groups is 1. The summed E-state index contributed by atoms with van der Waals surface area (Å²) < 4.78 is 12.5. The molecule has 0 unspecified atom stereocenters. The van der Waals surface area contributed by atoms with E-state index in [1.54, 1.807) is 18.3 Å². The van der Waals surface area contributed by atoms with E-state index in [4.69, 9.17) is 0 Å². The van der Waals surface area contributed by atoms with Gasteiger partial charge in [0.15, 0.2) is 0 Å². The minimum atomic E-state index is -0.215. The van der Waals surface area contributed by atoms with Crippen LogP contribution >= 0.6 is 0 Å². The summed E-state index contributed by atoms with van der Waals surface area (Å²) in [6.07, 6.45) is 1.76. The number of rotatable bonds is 1. The lowest BCUT2D eigenvalue weighted by Gasteiger charge is -2.10. The molecule has 0 aromatic heterocycles. The van der Waals surface area contributed by atoms with Gasteiger partial charge in [0.05, 0.1) is 5.54 Å². The number of hydrogen-bond donors (Lipinski definition) is 0. The minimum Gasteiger partial charge on any atom is -0.287 e. The maximum Gasteiger partial charge on any atom is 0.123 e. The zero-order chi connectivity index (χ0) is 9.90. The summed E-state index contributed by atoms with van der Waals surface area (Å²) in [5, 5.41) is 0. The molecule has 2 heteroatoms. The molecule has 0 radical (unpaired) electrons. The van der Waals surface area contributed by atoms with Crippen molar-refractivity contribution in [3.05, 3.63) is 35.6 Å². The van der Waals surface area contributed by atoms with E-state index in [0.717, 1.165) is 5.56 Å². The van der Waals surface area contributed by atoms with Crippen LogP contribution in [0.1, 0.15) is 26.3 Å². The van der Waals surface area contributed by atoms with Crippen LogP contribution in [-0.2, 0) is 0 Å². The zero-order valence-corrected chi connectivity index (χ0v) is 8.21. The molecule has 0 bridgehead atoms. The van der Waals surface area contributed by atoms with Gasteiger partial charge in [0.1, 0.15) is 5.82 Å². The summed E-state index contributed by atoms with van der Waals surface area (Å²) in [6.45, 7) is 6.06. The molecule has 0 saturated carbocycles. The summed E-state index contributed by atoms with van der Waals surface area (Å²) in [7, 11) is 0. The topological polar surface area (TPSA) is 12.4 Å². The van der Waals surface area contributed by atoms with Crippen LogP contribution in [0.5, 0.6) is 0 Å². The molecular formula is C11H14FN. The van der Waals surface area contributed by atoms with Crippen molar-refractivity contribution in [1.82, 2.24) is 0 Å². The van der Waals surface area contributed by atoms with Gasteiger partial charge in [0, 0.05) is 6.21 Å². The van der Waals surface area contributed by atoms with Crippen molar-refractivity contribution < 1.29 is 4.39 Å². The van der Waals surface area contributed by atoms with E-state index in [9.17, 15) is 4.39 Å². The Morgan fingerprint density at radius 2 is 1.69 bits per heavy atom. The van der Waals surface area contributed by atoms with Crippen molar-refractivity contribution in [2.75, 3.05) is 0 Å². The van der Waals surface area contributed by atoms with Crippen LogP contribution in [0.25, 0.3) is 0 Å². The van der Waals surface area contributed by atoms with Crippen molar-refractivity contribution in [3.8, 4) is 0 Å². The second-order valence-corrected chi connectivity index (χ2v) is 3.98. The normalized spacial score (nSPS) is 12.3. The molecular weight excluding hydrogens is 165 g/mol. The monoisotopic (exact) mass is 179 g/mol. The van der Waals surface area contributed by atoms with Crippen LogP contribution in [0.2, 0.25) is 0 Å². The first-order valence-corrected chi connectivity index (χ1v) is 4.28. The SMILES string of the molecule is CC(C)(C)N=Cc1ccc(F)cc1. The predicted molar refractivity (Wildman–Crippen MR) is 53.7 cm³/mol. The lowest BCUT2D eigenvalue weighted by Crippen LogP contribution is -2.09. The van der Waals surface area contributed by atoms with Gasteiger partial charge in [0.25, 0.3) is 0 Å². The maximum atomic E-state index is 12.5. The van der Waals surface area contributed by atoms with Crippen LogP contribution < -0.4 is 0 Å². The number of nitrogens with zero attached hydrogens (tertiary/aromatic N) is 1. The molecule has 0 aliphatic heterocycles. The minimum absolute atomic E-state index is 0.0750. The highest BCUT2D eigenvalue weighted by molar-refractivity contribution is 5.79. The molecule has 0 saturated heterocycles. The third kappa shape index (κ3) is 3.83. The van der Waals surface area contributed by atoms with E-state index in [2.05, 4.69) is 4.99 Å². The van der Waals surface area contributed by atoms with Crippen molar-refractivity contribution in [2.24, 2.45) is 4.99 Å². The van der Waals surface area contributed by atoms with Gasteiger partial charge in [-0.2, -0.15) is 0 Å². The van der Waals surface area contributed by atoms with E-state index < -0.39 is 0 Å². The summed E-state index contributed by atoms with van der Waals surface area (Å²) in [5.41, 5.74) is 0.852. The van der Waals surface area contributed by atoms with Crippen LogP contribution in [0, 0.1) is 5.82 Å². The van der Waals surface area contributed by atoms with Crippen molar-refractivity contribution in [3.63, 3.8) is 0 Å². The Morgan fingerprint density at radius 3 is 2.15 bits per heavy atom. The summed E-state index contributed by atoms with van der Waals surface area (Å²) in [4.78, 5) is 4.31. The molecule has 1 nitrogen and oxygen atoms in total.